The van der Waals surface area contributed by atoms with Gasteiger partial charge in [-0.2, -0.15) is 0 Å². The predicted octanol–water partition coefficient (Wildman–Crippen LogP) is 6.59. The van der Waals surface area contributed by atoms with Crippen LogP contribution in [0.3, 0.4) is 0 Å². The molecule has 4 aromatic carbocycles. The molecule has 0 aromatic heterocycles. The zero-order valence-electron chi connectivity index (χ0n) is 22.3. The number of fused-ring (bicyclic) bond motifs is 2. The second-order valence-corrected chi connectivity index (χ2v) is 12.5. The fraction of sp³-hybridized carbons (Fsp3) is 0.188. The van der Waals surface area contributed by atoms with Gasteiger partial charge in [0.05, 0.1) is 38.4 Å². The van der Waals surface area contributed by atoms with Crippen LogP contribution in [-0.2, 0) is 17.3 Å². The van der Waals surface area contributed by atoms with E-state index in [0.717, 1.165) is 16.8 Å². The highest BCUT2D eigenvalue weighted by atomic mass is 35.5. The molecule has 1 fully saturated rings. The summed E-state index contributed by atoms with van der Waals surface area (Å²) in [5.41, 5.74) is 4.39. The van der Waals surface area contributed by atoms with E-state index >= 15 is 0 Å². The second-order valence-electron chi connectivity index (χ2n) is 10.2. The fourth-order valence-corrected chi connectivity index (χ4v) is 7.02. The van der Waals surface area contributed by atoms with E-state index in [9.17, 15) is 13.8 Å². The van der Waals surface area contributed by atoms with Crippen molar-refractivity contribution in [1.82, 2.24) is 4.90 Å². The van der Waals surface area contributed by atoms with E-state index < -0.39 is 10.8 Å². The zero-order valence-corrected chi connectivity index (χ0v) is 24.7. The predicted molar refractivity (Wildman–Crippen MR) is 164 cm³/mol. The molecule has 1 saturated heterocycles. The third-order valence-electron chi connectivity index (χ3n) is 7.59. The Morgan fingerprint density at radius 1 is 0.805 bits per heavy atom. The molecular formula is C32H27Cl2N3O3S. The Morgan fingerprint density at radius 2 is 1.51 bits per heavy atom. The quantitative estimate of drug-likeness (QED) is 0.264. The van der Waals surface area contributed by atoms with Gasteiger partial charge in [-0.3, -0.25) is 9.59 Å². The third kappa shape index (κ3) is 5.37. The van der Waals surface area contributed by atoms with Crippen LogP contribution >= 0.6 is 23.2 Å². The van der Waals surface area contributed by atoms with Crippen molar-refractivity contribution < 1.29 is 13.8 Å². The minimum atomic E-state index is -1.59. The zero-order chi connectivity index (χ0) is 28.7. The number of hydrogen-bond acceptors (Lipinski definition) is 4. The maximum Gasteiger partial charge on any atom is 0.259 e. The van der Waals surface area contributed by atoms with Crippen LogP contribution in [0, 0.1) is 6.92 Å². The van der Waals surface area contributed by atoms with Crippen molar-refractivity contribution >= 4 is 57.2 Å². The van der Waals surface area contributed by atoms with Gasteiger partial charge >= 0.3 is 0 Å². The van der Waals surface area contributed by atoms with Gasteiger partial charge in [0, 0.05) is 47.5 Å². The van der Waals surface area contributed by atoms with Gasteiger partial charge in [-0.15, -0.1) is 0 Å². The molecule has 1 atom stereocenters. The van der Waals surface area contributed by atoms with Crippen molar-refractivity contribution in [2.24, 2.45) is 0 Å². The summed E-state index contributed by atoms with van der Waals surface area (Å²) >= 11 is 12.3. The summed E-state index contributed by atoms with van der Waals surface area (Å²) < 4.78 is 13.7. The Morgan fingerprint density at radius 3 is 2.27 bits per heavy atom. The monoisotopic (exact) mass is 603 g/mol. The largest absolute Gasteiger partial charge is 0.368 e. The van der Waals surface area contributed by atoms with Crippen LogP contribution in [0.15, 0.2) is 94.7 Å². The number of hydrogen-bond donors (Lipinski definition) is 0. The molecular weight excluding hydrogens is 577 g/mol. The number of anilines is 2. The molecule has 0 radical (unpaired) electrons. The van der Waals surface area contributed by atoms with Crippen molar-refractivity contribution in [3.8, 4) is 0 Å². The number of halogens is 2. The third-order valence-corrected chi connectivity index (χ3v) is 9.58. The maximum absolute atomic E-state index is 13.9. The number of aryl methyl sites for hydroxylation is 1. The minimum absolute atomic E-state index is 0.123. The lowest BCUT2D eigenvalue weighted by atomic mass is 10.1. The van der Waals surface area contributed by atoms with Gasteiger partial charge in [0.25, 0.3) is 11.8 Å². The smallest absolute Gasteiger partial charge is 0.259 e. The van der Waals surface area contributed by atoms with E-state index in [4.69, 9.17) is 23.2 Å². The Bertz CT molecular complexity index is 1680. The van der Waals surface area contributed by atoms with E-state index in [-0.39, 0.29) is 18.4 Å². The van der Waals surface area contributed by atoms with Gasteiger partial charge < -0.3 is 14.7 Å². The number of piperazine rings is 1. The Hall–Kier alpha value is -3.65. The first-order valence-electron chi connectivity index (χ1n) is 13.3. The normalized spacial score (nSPS) is 16.7. The molecule has 2 aliphatic heterocycles. The van der Waals surface area contributed by atoms with E-state index in [1.807, 2.05) is 35.2 Å². The summed E-state index contributed by atoms with van der Waals surface area (Å²) in [7, 11) is -1.59. The summed E-state index contributed by atoms with van der Waals surface area (Å²) in [6, 6.07) is 25.2. The van der Waals surface area contributed by atoms with Crippen LogP contribution in [0.4, 0.5) is 11.4 Å². The number of amides is 2. The van der Waals surface area contributed by atoms with Crippen LogP contribution in [0.25, 0.3) is 0 Å². The van der Waals surface area contributed by atoms with Crippen LogP contribution in [0.1, 0.15) is 31.8 Å². The molecule has 0 aliphatic carbocycles. The average molecular weight is 605 g/mol. The van der Waals surface area contributed by atoms with E-state index in [0.29, 0.717) is 62.8 Å². The molecule has 2 heterocycles. The lowest BCUT2D eigenvalue weighted by Gasteiger charge is -2.37. The van der Waals surface area contributed by atoms with Crippen LogP contribution < -0.4 is 9.80 Å². The molecule has 6 nitrogen and oxygen atoms in total. The van der Waals surface area contributed by atoms with Gasteiger partial charge in [-0.1, -0.05) is 53.5 Å². The van der Waals surface area contributed by atoms with Crippen LogP contribution in [0.5, 0.6) is 0 Å². The molecule has 0 spiro atoms. The number of rotatable bonds is 4. The van der Waals surface area contributed by atoms with Gasteiger partial charge in [-0.25, -0.2) is 4.21 Å². The SMILES string of the molecule is Cc1ccc(Cl)cc1N1CCN(C(=O)c2ccc3c(c2)N(Cc2ccc(Cl)cc2)C(=O)c2ccccc2[S@@]3=O)CC1. The fourth-order valence-electron chi connectivity index (χ4n) is 5.38. The molecule has 4 aromatic rings. The van der Waals surface area contributed by atoms with Crippen molar-refractivity contribution in [2.75, 3.05) is 36.0 Å². The topological polar surface area (TPSA) is 60.9 Å². The van der Waals surface area contributed by atoms with Crippen LogP contribution in [0.2, 0.25) is 10.0 Å². The van der Waals surface area contributed by atoms with Gasteiger partial charge in [-0.05, 0) is 72.6 Å². The lowest BCUT2D eigenvalue weighted by molar-refractivity contribution is 0.0746. The average Bonchev–Trinajstić information content (AvgIpc) is 3.08. The minimum Gasteiger partial charge on any atom is -0.368 e. The summed E-state index contributed by atoms with van der Waals surface area (Å²) in [4.78, 5) is 34.2. The Kier molecular flexibility index (Phi) is 7.60. The van der Waals surface area contributed by atoms with E-state index in [1.165, 1.54) is 0 Å². The molecule has 9 heteroatoms. The molecule has 41 heavy (non-hydrogen) atoms. The molecule has 6 rings (SSSR count). The van der Waals surface area contributed by atoms with Crippen molar-refractivity contribution in [2.45, 2.75) is 23.3 Å². The maximum atomic E-state index is 13.9. The van der Waals surface area contributed by atoms with Crippen molar-refractivity contribution in [3.63, 3.8) is 0 Å². The molecule has 0 N–H and O–H groups in total. The van der Waals surface area contributed by atoms with E-state index in [2.05, 4.69) is 11.8 Å². The highest BCUT2D eigenvalue weighted by Gasteiger charge is 2.32. The first kappa shape index (κ1) is 27.5. The number of carbonyl (C=O) groups excluding carboxylic acids is 2. The molecule has 2 amide bonds. The van der Waals surface area contributed by atoms with Gasteiger partial charge in [0.1, 0.15) is 0 Å². The standard InChI is InChI=1S/C32H27Cl2N3O3S/c1-21-6-10-25(34)19-27(21)35-14-16-36(17-15-35)31(38)23-9-13-30-28(18-23)37(20-22-7-11-24(33)12-8-22)32(39)26-4-2-3-5-29(26)41(30)40/h2-13,18-19H,14-17,20H2,1H3/t41-/m0/s1. The number of benzene rings is 4. The lowest BCUT2D eigenvalue weighted by Crippen LogP contribution is -2.49. The second kappa shape index (κ2) is 11.3. The molecule has 0 bridgehead atoms. The summed E-state index contributed by atoms with van der Waals surface area (Å²) in [6.45, 7) is 4.75. The van der Waals surface area contributed by atoms with Crippen molar-refractivity contribution in [1.29, 1.82) is 0 Å². The molecule has 2 aliphatic rings. The molecule has 0 saturated carbocycles. The molecule has 0 unspecified atom stereocenters. The van der Waals surface area contributed by atoms with Gasteiger partial charge in [0.2, 0.25) is 0 Å². The van der Waals surface area contributed by atoms with Crippen molar-refractivity contribution in [3.05, 3.63) is 117 Å². The number of nitrogens with zero attached hydrogens (tertiary/aromatic N) is 3. The summed E-state index contributed by atoms with van der Waals surface area (Å²) in [5.74, 6) is -0.389. The van der Waals surface area contributed by atoms with Crippen LogP contribution in [-0.4, -0.2) is 47.1 Å². The van der Waals surface area contributed by atoms with E-state index in [1.54, 1.807) is 59.5 Å². The van der Waals surface area contributed by atoms with Gasteiger partial charge in [0.15, 0.2) is 0 Å². The Balaban J connectivity index is 1.31. The first-order chi connectivity index (χ1) is 19.8. The Labute approximate surface area is 251 Å². The molecule has 208 valence electrons. The number of carbonyl (C=O) groups is 2. The first-order valence-corrected chi connectivity index (χ1v) is 15.2. The highest BCUT2D eigenvalue weighted by molar-refractivity contribution is 7.85. The highest BCUT2D eigenvalue weighted by Crippen LogP contribution is 2.36. The summed E-state index contributed by atoms with van der Waals surface area (Å²) in [5, 5.41) is 1.28. The summed E-state index contributed by atoms with van der Waals surface area (Å²) in [6.07, 6.45) is 0.